The summed E-state index contributed by atoms with van der Waals surface area (Å²) in [6.45, 7) is 2.33. The van der Waals surface area contributed by atoms with Gasteiger partial charge in [-0.25, -0.2) is 0 Å². The van der Waals surface area contributed by atoms with E-state index in [9.17, 15) is 4.79 Å². The molecule has 0 unspecified atom stereocenters. The maximum atomic E-state index is 14.5. The van der Waals surface area contributed by atoms with E-state index in [0.717, 1.165) is 29.1 Å². The highest BCUT2D eigenvalue weighted by Crippen LogP contribution is 2.55. The normalized spacial score (nSPS) is 24.7. The van der Waals surface area contributed by atoms with Crippen LogP contribution in [0.3, 0.4) is 0 Å². The number of rotatable bonds is 5. The summed E-state index contributed by atoms with van der Waals surface area (Å²) in [5.74, 6) is 0.831. The largest absolute Gasteiger partial charge is 0.330 e. The maximum Gasteiger partial charge on any atom is 0.250 e. The Labute approximate surface area is 199 Å². The molecule has 0 saturated carbocycles. The minimum Gasteiger partial charge on any atom is -0.330 e. The Bertz CT molecular complexity index is 999. The fourth-order valence-electron chi connectivity index (χ4n) is 5.19. The van der Waals surface area contributed by atoms with Crippen molar-refractivity contribution in [3.63, 3.8) is 0 Å². The third-order valence-electron chi connectivity index (χ3n) is 6.81. The van der Waals surface area contributed by atoms with Crippen molar-refractivity contribution in [3.8, 4) is 0 Å². The number of nitrogens with zero attached hydrogens (tertiary/aromatic N) is 1. The molecular formula is C28H29NOS2. The number of hydrogen-bond acceptors (Lipinski definition) is 3. The van der Waals surface area contributed by atoms with E-state index in [1.54, 1.807) is 23.5 Å². The van der Waals surface area contributed by atoms with Gasteiger partial charge in [-0.05, 0) is 61.4 Å². The summed E-state index contributed by atoms with van der Waals surface area (Å²) in [4.78, 5) is 19.1. The average molecular weight is 460 g/mol. The van der Waals surface area contributed by atoms with Crippen LogP contribution >= 0.6 is 23.5 Å². The molecule has 164 valence electrons. The molecule has 2 aliphatic heterocycles. The van der Waals surface area contributed by atoms with Gasteiger partial charge in [0.2, 0.25) is 5.91 Å². The molecule has 0 N–H and O–H groups in total. The van der Waals surface area contributed by atoms with E-state index >= 15 is 0 Å². The predicted molar refractivity (Wildman–Crippen MR) is 135 cm³/mol. The lowest BCUT2D eigenvalue weighted by Gasteiger charge is -2.53. The topological polar surface area (TPSA) is 20.3 Å². The molecule has 32 heavy (non-hydrogen) atoms. The molecule has 4 heteroatoms. The van der Waals surface area contributed by atoms with Crippen molar-refractivity contribution in [3.05, 3.63) is 96.6 Å². The van der Waals surface area contributed by atoms with E-state index < -0.39 is 4.08 Å². The van der Waals surface area contributed by atoms with Crippen molar-refractivity contribution < 1.29 is 4.79 Å². The number of piperidine rings is 2. The van der Waals surface area contributed by atoms with Crippen LogP contribution in [0.15, 0.2) is 101 Å². The molecule has 0 aliphatic carbocycles. The molecule has 0 radical (unpaired) electrons. The molecule has 1 amide bonds. The molecular weight excluding hydrogens is 430 g/mol. The van der Waals surface area contributed by atoms with Crippen LogP contribution in [0.1, 0.15) is 44.2 Å². The third-order valence-corrected chi connectivity index (χ3v) is 9.74. The van der Waals surface area contributed by atoms with Crippen molar-refractivity contribution in [2.45, 2.75) is 58.6 Å². The molecule has 0 aromatic heterocycles. The van der Waals surface area contributed by atoms with E-state index in [4.69, 9.17) is 0 Å². The van der Waals surface area contributed by atoms with Crippen molar-refractivity contribution in [1.29, 1.82) is 0 Å². The lowest BCUT2D eigenvalue weighted by atomic mass is 9.79. The molecule has 3 atom stereocenters. The van der Waals surface area contributed by atoms with Gasteiger partial charge < -0.3 is 4.90 Å². The van der Waals surface area contributed by atoms with Crippen LogP contribution in [-0.2, 0) is 4.79 Å². The van der Waals surface area contributed by atoms with Crippen LogP contribution in [0.4, 0.5) is 0 Å². The zero-order valence-corrected chi connectivity index (χ0v) is 20.0. The number of carbonyl (C=O) groups excluding carboxylic acids is 1. The highest BCUT2D eigenvalue weighted by atomic mass is 32.2. The van der Waals surface area contributed by atoms with E-state index in [1.165, 1.54) is 12.0 Å². The second-order valence-corrected chi connectivity index (χ2v) is 11.9. The first-order valence-corrected chi connectivity index (χ1v) is 13.2. The molecule has 2 nitrogen and oxygen atoms in total. The third kappa shape index (κ3) is 4.23. The van der Waals surface area contributed by atoms with Gasteiger partial charge in [-0.15, -0.1) is 0 Å². The Morgan fingerprint density at radius 3 is 1.84 bits per heavy atom. The first-order valence-electron chi connectivity index (χ1n) is 11.5. The van der Waals surface area contributed by atoms with Crippen molar-refractivity contribution in [2.75, 3.05) is 0 Å². The monoisotopic (exact) mass is 459 g/mol. The summed E-state index contributed by atoms with van der Waals surface area (Å²) in [6, 6.07) is 32.0. The summed E-state index contributed by atoms with van der Waals surface area (Å²) in [5.41, 5.74) is 1.27. The predicted octanol–water partition coefficient (Wildman–Crippen LogP) is 7.43. The molecule has 2 saturated heterocycles. The van der Waals surface area contributed by atoms with Gasteiger partial charge in [0.1, 0.15) is 4.08 Å². The van der Waals surface area contributed by atoms with E-state index in [2.05, 4.69) is 90.7 Å². The Kier molecular flexibility index (Phi) is 6.34. The van der Waals surface area contributed by atoms with Gasteiger partial charge in [0.25, 0.3) is 0 Å². The summed E-state index contributed by atoms with van der Waals surface area (Å²) >= 11 is 3.48. The second kappa shape index (κ2) is 9.36. The van der Waals surface area contributed by atoms with Crippen LogP contribution in [0.5, 0.6) is 0 Å². The van der Waals surface area contributed by atoms with Crippen molar-refractivity contribution in [2.24, 2.45) is 5.92 Å². The maximum absolute atomic E-state index is 14.5. The molecule has 2 heterocycles. The van der Waals surface area contributed by atoms with Crippen LogP contribution in [0.2, 0.25) is 0 Å². The number of amides is 1. The van der Waals surface area contributed by atoms with E-state index in [0.29, 0.717) is 12.0 Å². The highest BCUT2D eigenvalue weighted by molar-refractivity contribution is 8.19. The Morgan fingerprint density at radius 2 is 1.28 bits per heavy atom. The lowest BCUT2D eigenvalue weighted by Crippen LogP contribution is -2.59. The first kappa shape index (κ1) is 21.7. The SMILES string of the molecule is C[C@@H]1CC[C@@H](c2ccccc2)N2C(=O)C(Sc3ccccc3)(Sc3ccccc3)CC[C@H]12. The van der Waals surface area contributed by atoms with Gasteiger partial charge in [-0.3, -0.25) is 4.79 Å². The molecule has 2 fully saturated rings. The molecule has 2 aliphatic rings. The zero-order valence-electron chi connectivity index (χ0n) is 18.4. The van der Waals surface area contributed by atoms with Gasteiger partial charge in [-0.2, -0.15) is 0 Å². The summed E-state index contributed by atoms with van der Waals surface area (Å²) < 4.78 is -0.552. The number of fused-ring (bicyclic) bond motifs is 1. The molecule has 0 bridgehead atoms. The standard InChI is InChI=1S/C28H29NOS2/c1-21-17-18-26(22-11-5-2-6-12-22)29-25(21)19-20-28(27(29)30,31-23-13-7-3-8-14-23)32-24-15-9-4-10-16-24/h2-16,21,25-26H,17-20H2,1H3/t21-,25-,26+/m1/s1. The minimum atomic E-state index is -0.552. The van der Waals surface area contributed by atoms with Crippen LogP contribution in [-0.4, -0.2) is 20.9 Å². The number of benzene rings is 3. The second-order valence-electron chi connectivity index (χ2n) is 8.88. The summed E-state index contributed by atoms with van der Waals surface area (Å²) in [5, 5.41) is 0. The minimum absolute atomic E-state index is 0.164. The fourth-order valence-corrected chi connectivity index (χ4v) is 8.10. The fraction of sp³-hybridized carbons (Fsp3) is 0.321. The van der Waals surface area contributed by atoms with Crippen LogP contribution in [0.25, 0.3) is 0 Å². The van der Waals surface area contributed by atoms with Gasteiger partial charge >= 0.3 is 0 Å². The zero-order chi connectivity index (χ0) is 22.0. The van der Waals surface area contributed by atoms with Gasteiger partial charge in [0, 0.05) is 15.8 Å². The smallest absolute Gasteiger partial charge is 0.250 e. The van der Waals surface area contributed by atoms with E-state index in [1.807, 2.05) is 12.1 Å². The molecule has 3 aromatic rings. The van der Waals surface area contributed by atoms with Crippen molar-refractivity contribution >= 4 is 29.4 Å². The summed E-state index contributed by atoms with van der Waals surface area (Å²) in [6.07, 6.45) is 4.15. The average Bonchev–Trinajstić information content (AvgIpc) is 2.84. The van der Waals surface area contributed by atoms with Gasteiger partial charge in [0.15, 0.2) is 0 Å². The molecule has 5 rings (SSSR count). The lowest BCUT2D eigenvalue weighted by molar-refractivity contribution is -0.144. The Hall–Kier alpha value is -2.17. The number of carbonyl (C=O) groups is 1. The number of hydrogen-bond donors (Lipinski definition) is 0. The van der Waals surface area contributed by atoms with Crippen LogP contribution in [0, 0.1) is 5.92 Å². The Morgan fingerprint density at radius 1 is 0.750 bits per heavy atom. The molecule has 3 aromatic carbocycles. The van der Waals surface area contributed by atoms with Gasteiger partial charge in [-0.1, -0.05) is 97.2 Å². The van der Waals surface area contributed by atoms with Gasteiger partial charge in [0.05, 0.1) is 6.04 Å². The highest BCUT2D eigenvalue weighted by Gasteiger charge is 2.53. The van der Waals surface area contributed by atoms with Crippen molar-refractivity contribution in [1.82, 2.24) is 4.90 Å². The Balaban J connectivity index is 1.55. The summed E-state index contributed by atoms with van der Waals surface area (Å²) in [7, 11) is 0. The van der Waals surface area contributed by atoms with Crippen LogP contribution < -0.4 is 0 Å². The van der Waals surface area contributed by atoms with E-state index in [-0.39, 0.29) is 11.9 Å². The molecule has 0 spiro atoms. The number of thioether (sulfide) groups is 2. The quantitative estimate of drug-likeness (QED) is 0.370. The first-order chi connectivity index (χ1) is 15.7.